The topological polar surface area (TPSA) is 59.8 Å². The molecule has 2 heterocycles. The van der Waals surface area contributed by atoms with Gasteiger partial charge in [-0.15, -0.1) is 0 Å². The van der Waals surface area contributed by atoms with Crippen LogP contribution in [0.4, 0.5) is 5.69 Å². The molecule has 0 aliphatic carbocycles. The summed E-state index contributed by atoms with van der Waals surface area (Å²) in [6, 6.07) is 18.6. The van der Waals surface area contributed by atoms with Gasteiger partial charge in [-0.2, -0.15) is 0 Å². The molecular weight excluding hydrogens is 497 g/mol. The molecule has 1 aliphatic heterocycles. The maximum atomic E-state index is 13.7. The van der Waals surface area contributed by atoms with Crippen molar-refractivity contribution in [1.29, 1.82) is 0 Å². The van der Waals surface area contributed by atoms with E-state index in [1.54, 1.807) is 47.4 Å². The summed E-state index contributed by atoms with van der Waals surface area (Å²) >= 11 is 12.4. The van der Waals surface area contributed by atoms with Gasteiger partial charge < -0.3 is 9.15 Å². The molecule has 7 heteroatoms. The van der Waals surface area contributed by atoms with Crippen LogP contribution in [0.15, 0.2) is 75.9 Å². The normalized spacial score (nSPS) is 14.9. The number of rotatable bonds is 8. The van der Waals surface area contributed by atoms with Gasteiger partial charge in [0, 0.05) is 15.7 Å². The molecule has 0 saturated carbocycles. The van der Waals surface area contributed by atoms with Gasteiger partial charge in [-0.05, 0) is 60.5 Å². The zero-order chi connectivity index (χ0) is 25.2. The van der Waals surface area contributed by atoms with Crippen molar-refractivity contribution in [2.75, 3.05) is 11.5 Å². The van der Waals surface area contributed by atoms with E-state index in [0.717, 1.165) is 24.2 Å². The Labute approximate surface area is 219 Å². The predicted molar refractivity (Wildman–Crippen MR) is 144 cm³/mol. The monoisotopic (exact) mass is 521 g/mol. The van der Waals surface area contributed by atoms with Crippen LogP contribution in [-0.4, -0.2) is 12.5 Å². The van der Waals surface area contributed by atoms with Crippen molar-refractivity contribution in [2.45, 2.75) is 38.6 Å². The van der Waals surface area contributed by atoms with Gasteiger partial charge in [-0.3, -0.25) is 14.5 Å². The lowest BCUT2D eigenvalue weighted by molar-refractivity contribution is 0.0971. The summed E-state index contributed by atoms with van der Waals surface area (Å²) in [5.74, 6) is 0.366. The largest absolute Gasteiger partial charge is 0.494 e. The maximum absolute atomic E-state index is 13.7. The first-order chi connectivity index (χ1) is 17.5. The molecule has 0 spiro atoms. The van der Waals surface area contributed by atoms with E-state index in [1.807, 2.05) is 24.3 Å². The molecule has 0 radical (unpaired) electrons. The number of hydrogen-bond acceptors (Lipinski definition) is 4. The molecule has 1 unspecified atom stereocenters. The fraction of sp³-hybridized carbons (Fsp3) is 0.241. The van der Waals surface area contributed by atoms with E-state index in [0.29, 0.717) is 33.3 Å². The van der Waals surface area contributed by atoms with Crippen LogP contribution >= 0.6 is 23.2 Å². The summed E-state index contributed by atoms with van der Waals surface area (Å²) in [5, 5.41) is 1.24. The first-order valence-electron chi connectivity index (χ1n) is 12.1. The number of amides is 1. The molecule has 36 heavy (non-hydrogen) atoms. The van der Waals surface area contributed by atoms with E-state index in [-0.39, 0.29) is 16.8 Å². The summed E-state index contributed by atoms with van der Waals surface area (Å²) in [4.78, 5) is 28.9. The molecule has 184 valence electrons. The number of nitrogens with zero attached hydrogens (tertiary/aromatic N) is 1. The van der Waals surface area contributed by atoms with Crippen LogP contribution in [-0.2, 0) is 0 Å². The van der Waals surface area contributed by atoms with Crippen molar-refractivity contribution in [1.82, 2.24) is 0 Å². The number of halogens is 2. The van der Waals surface area contributed by atoms with Gasteiger partial charge in [0.05, 0.1) is 23.6 Å². The van der Waals surface area contributed by atoms with Gasteiger partial charge in [0.15, 0.2) is 5.43 Å². The first kappa shape index (κ1) is 24.4. The molecule has 0 fully saturated rings. The minimum absolute atomic E-state index is 0.0241. The Kier molecular flexibility index (Phi) is 7.04. The third-order valence-corrected chi connectivity index (χ3v) is 6.85. The minimum Gasteiger partial charge on any atom is -0.494 e. The molecule has 5 nitrogen and oxygen atoms in total. The van der Waals surface area contributed by atoms with Crippen molar-refractivity contribution in [3.8, 4) is 5.75 Å². The summed E-state index contributed by atoms with van der Waals surface area (Å²) in [7, 11) is 0. The Hall–Kier alpha value is -3.28. The highest BCUT2D eigenvalue weighted by Crippen LogP contribution is 2.42. The molecule has 5 rings (SSSR count). The van der Waals surface area contributed by atoms with Crippen LogP contribution in [0.5, 0.6) is 5.75 Å². The number of anilines is 1. The highest BCUT2D eigenvalue weighted by atomic mass is 35.5. The van der Waals surface area contributed by atoms with Crippen molar-refractivity contribution in [3.63, 3.8) is 0 Å². The van der Waals surface area contributed by atoms with Crippen LogP contribution in [0.3, 0.4) is 0 Å². The van der Waals surface area contributed by atoms with Crippen molar-refractivity contribution in [2.24, 2.45) is 0 Å². The van der Waals surface area contributed by atoms with E-state index < -0.39 is 11.9 Å². The average Bonchev–Trinajstić information content (AvgIpc) is 3.17. The Balaban J connectivity index is 1.58. The highest BCUT2D eigenvalue weighted by Gasteiger charge is 2.43. The molecule has 1 aromatic heterocycles. The predicted octanol–water partition coefficient (Wildman–Crippen LogP) is 7.81. The van der Waals surface area contributed by atoms with Gasteiger partial charge in [0.1, 0.15) is 11.3 Å². The third kappa shape index (κ3) is 4.61. The molecular formula is C29H25Cl2NO4. The summed E-state index contributed by atoms with van der Waals surface area (Å²) < 4.78 is 11.9. The quantitative estimate of drug-likeness (QED) is 0.222. The second kappa shape index (κ2) is 10.4. The molecule has 0 saturated heterocycles. The number of benzene rings is 3. The minimum atomic E-state index is -0.691. The third-order valence-electron chi connectivity index (χ3n) is 6.38. The fourth-order valence-corrected chi connectivity index (χ4v) is 4.97. The van der Waals surface area contributed by atoms with Crippen LogP contribution in [0.2, 0.25) is 10.0 Å². The Bertz CT molecular complexity index is 1480. The smallest absolute Gasteiger partial charge is 0.295 e. The summed E-state index contributed by atoms with van der Waals surface area (Å²) in [6.45, 7) is 2.82. The standard InChI is InChI=1S/C29H25Cl2NO4/c1-2-3-4-5-15-35-22-12-9-18(10-13-22)26-25-27(33)23-17-20(31)11-14-24(23)36-28(25)29(34)32(26)21-8-6-7-19(30)16-21/h6-14,16-17,26H,2-5,15H2,1H3. The Morgan fingerprint density at radius 2 is 1.69 bits per heavy atom. The number of hydrogen-bond donors (Lipinski definition) is 0. The van der Waals surface area contributed by atoms with Gasteiger partial charge in [0.25, 0.3) is 5.91 Å². The van der Waals surface area contributed by atoms with Crippen LogP contribution in [0.25, 0.3) is 11.0 Å². The summed E-state index contributed by atoms with van der Waals surface area (Å²) in [5.41, 5.74) is 1.64. The second-order valence-corrected chi connectivity index (χ2v) is 9.72. The zero-order valence-electron chi connectivity index (χ0n) is 19.8. The van der Waals surface area contributed by atoms with E-state index >= 15 is 0 Å². The van der Waals surface area contributed by atoms with Gasteiger partial charge in [-0.25, -0.2) is 0 Å². The first-order valence-corrected chi connectivity index (χ1v) is 12.8. The van der Waals surface area contributed by atoms with Crippen LogP contribution in [0, 0.1) is 0 Å². The van der Waals surface area contributed by atoms with Gasteiger partial charge in [-0.1, -0.05) is 67.6 Å². The molecule has 1 amide bonds. The molecule has 1 aliphatic rings. The lowest BCUT2D eigenvalue weighted by Gasteiger charge is -2.25. The van der Waals surface area contributed by atoms with E-state index in [4.69, 9.17) is 32.4 Å². The molecule has 4 aromatic rings. The van der Waals surface area contributed by atoms with Crippen molar-refractivity contribution in [3.05, 3.63) is 104 Å². The Morgan fingerprint density at radius 3 is 2.44 bits per heavy atom. The van der Waals surface area contributed by atoms with Crippen molar-refractivity contribution >= 4 is 45.8 Å². The molecule has 1 atom stereocenters. The number of carbonyl (C=O) groups is 1. The fourth-order valence-electron chi connectivity index (χ4n) is 4.62. The molecule has 0 N–H and O–H groups in total. The van der Waals surface area contributed by atoms with Crippen LogP contribution < -0.4 is 15.1 Å². The SMILES string of the molecule is CCCCCCOc1ccc(C2c3c(oc4ccc(Cl)cc4c3=O)C(=O)N2c2cccc(Cl)c2)cc1. The lowest BCUT2D eigenvalue weighted by Crippen LogP contribution is -2.29. The second-order valence-electron chi connectivity index (χ2n) is 8.85. The Morgan fingerprint density at radius 1 is 0.917 bits per heavy atom. The van der Waals surface area contributed by atoms with Gasteiger partial charge >= 0.3 is 0 Å². The number of carbonyl (C=O) groups excluding carboxylic acids is 1. The van der Waals surface area contributed by atoms with E-state index in [9.17, 15) is 9.59 Å². The van der Waals surface area contributed by atoms with Gasteiger partial charge in [0.2, 0.25) is 5.76 Å². The van der Waals surface area contributed by atoms with E-state index in [2.05, 4.69) is 6.92 Å². The number of fused-ring (bicyclic) bond motifs is 2. The highest BCUT2D eigenvalue weighted by molar-refractivity contribution is 6.31. The van der Waals surface area contributed by atoms with Crippen LogP contribution in [0.1, 0.15) is 60.3 Å². The van der Waals surface area contributed by atoms with Crippen molar-refractivity contribution < 1.29 is 13.9 Å². The zero-order valence-corrected chi connectivity index (χ0v) is 21.3. The summed E-state index contributed by atoms with van der Waals surface area (Å²) in [6.07, 6.45) is 4.51. The molecule has 3 aromatic carbocycles. The number of unbranched alkanes of at least 4 members (excludes halogenated alkanes) is 3. The maximum Gasteiger partial charge on any atom is 0.295 e. The average molecular weight is 522 g/mol. The molecule has 0 bridgehead atoms. The van der Waals surface area contributed by atoms with E-state index in [1.165, 1.54) is 12.8 Å². The number of ether oxygens (including phenoxy) is 1. The lowest BCUT2D eigenvalue weighted by atomic mass is 9.98.